The smallest absolute Gasteiger partial charge is 0.306 e. The van der Waals surface area contributed by atoms with Gasteiger partial charge in [-0.15, -0.1) is 11.3 Å². The van der Waals surface area contributed by atoms with Gasteiger partial charge in [0.2, 0.25) is 0 Å². The van der Waals surface area contributed by atoms with E-state index in [4.69, 9.17) is 14.6 Å². The fraction of sp³-hybridized carbons (Fsp3) is 0.444. The number of hydrogen-bond acceptors (Lipinski definition) is 5. The second-order valence-electron chi connectivity index (χ2n) is 5.76. The number of unbranched alkanes of at least 4 members (excludes halogenated alkanes) is 1. The van der Waals surface area contributed by atoms with Crippen molar-refractivity contribution < 1.29 is 24.2 Å². The van der Waals surface area contributed by atoms with E-state index < -0.39 is 11.9 Å². The van der Waals surface area contributed by atoms with Gasteiger partial charge >= 0.3 is 5.97 Å². The molecule has 0 amide bonds. The third-order valence-electron chi connectivity index (χ3n) is 3.78. The standard InChI is InChI=1S/C18H21BrO5S/c1-11(18(21)22)7-13(20)17-9-12-8-15(24-6-4-3-5-19)14(23-2)10-16(12)25-17/h8-11H,3-7H2,1-2H3,(H,21,22)/t11-/m0/s1. The molecular weight excluding hydrogens is 408 g/mol. The van der Waals surface area contributed by atoms with Gasteiger partial charge in [0.15, 0.2) is 17.3 Å². The molecule has 1 N–H and O–H groups in total. The number of aliphatic carboxylic acids is 1. The molecule has 0 aliphatic rings. The van der Waals surface area contributed by atoms with Crippen molar-refractivity contribution in [1.82, 2.24) is 0 Å². The predicted octanol–water partition coefficient (Wildman–Crippen LogP) is 4.76. The molecule has 1 aromatic heterocycles. The Morgan fingerprint density at radius 1 is 1.24 bits per heavy atom. The molecule has 1 atom stereocenters. The van der Waals surface area contributed by atoms with Crippen LogP contribution in [0.1, 0.15) is 35.9 Å². The lowest BCUT2D eigenvalue weighted by atomic mass is 10.0. The van der Waals surface area contributed by atoms with Gasteiger partial charge in [-0.1, -0.05) is 22.9 Å². The Morgan fingerprint density at radius 2 is 2.00 bits per heavy atom. The van der Waals surface area contributed by atoms with Crippen LogP contribution in [0.5, 0.6) is 11.5 Å². The summed E-state index contributed by atoms with van der Waals surface area (Å²) in [6, 6.07) is 5.52. The van der Waals surface area contributed by atoms with Crippen LogP contribution in [0.3, 0.4) is 0 Å². The first kappa shape index (κ1) is 19.7. The minimum absolute atomic E-state index is 0.00477. The summed E-state index contributed by atoms with van der Waals surface area (Å²) in [7, 11) is 1.58. The van der Waals surface area contributed by atoms with Gasteiger partial charge in [0.05, 0.1) is 24.5 Å². The number of methoxy groups -OCH3 is 1. The average Bonchev–Trinajstić information content (AvgIpc) is 3.00. The van der Waals surface area contributed by atoms with Gasteiger partial charge in [-0.25, -0.2) is 0 Å². The molecule has 0 bridgehead atoms. The van der Waals surface area contributed by atoms with E-state index in [1.54, 1.807) is 13.2 Å². The monoisotopic (exact) mass is 428 g/mol. The number of ketones is 1. The fourth-order valence-electron chi connectivity index (χ4n) is 2.30. The summed E-state index contributed by atoms with van der Waals surface area (Å²) in [4.78, 5) is 23.8. The Bertz CT molecular complexity index is 755. The molecule has 1 aromatic carbocycles. The van der Waals surface area contributed by atoms with E-state index >= 15 is 0 Å². The number of carboxylic acid groups (broad SMARTS) is 1. The summed E-state index contributed by atoms with van der Waals surface area (Å²) in [5.74, 6) is -0.530. The van der Waals surface area contributed by atoms with E-state index in [0.717, 1.165) is 28.3 Å². The number of benzene rings is 1. The van der Waals surface area contributed by atoms with Crippen molar-refractivity contribution >= 4 is 49.1 Å². The first-order valence-corrected chi connectivity index (χ1v) is 9.96. The lowest BCUT2D eigenvalue weighted by Gasteiger charge is -2.10. The SMILES string of the molecule is COc1cc2sc(C(=O)C[C@H](C)C(=O)O)cc2cc1OCCCCBr. The van der Waals surface area contributed by atoms with Crippen molar-refractivity contribution in [3.05, 3.63) is 23.1 Å². The zero-order valence-electron chi connectivity index (χ0n) is 14.2. The first-order chi connectivity index (χ1) is 12.0. The second-order valence-corrected chi connectivity index (χ2v) is 7.64. The zero-order valence-corrected chi connectivity index (χ0v) is 16.6. The molecule has 0 saturated carbocycles. The summed E-state index contributed by atoms with van der Waals surface area (Å²) in [6.07, 6.45) is 1.96. The van der Waals surface area contributed by atoms with Crippen LogP contribution in [0.15, 0.2) is 18.2 Å². The van der Waals surface area contributed by atoms with Gasteiger partial charge in [-0.3, -0.25) is 9.59 Å². The van der Waals surface area contributed by atoms with Crippen molar-refractivity contribution in [2.24, 2.45) is 5.92 Å². The summed E-state index contributed by atoms with van der Waals surface area (Å²) >= 11 is 4.74. The molecule has 0 radical (unpaired) electrons. The van der Waals surface area contributed by atoms with Crippen molar-refractivity contribution in [1.29, 1.82) is 0 Å². The molecule has 136 valence electrons. The molecule has 2 rings (SSSR count). The van der Waals surface area contributed by atoms with Gasteiger partial charge in [0.1, 0.15) is 0 Å². The van der Waals surface area contributed by atoms with E-state index in [9.17, 15) is 9.59 Å². The number of alkyl halides is 1. The van der Waals surface area contributed by atoms with E-state index in [2.05, 4.69) is 15.9 Å². The second kappa shape index (κ2) is 9.20. The molecule has 0 unspecified atom stereocenters. The minimum Gasteiger partial charge on any atom is -0.493 e. The predicted molar refractivity (Wildman–Crippen MR) is 103 cm³/mol. The molecule has 5 nitrogen and oxygen atoms in total. The van der Waals surface area contributed by atoms with Gasteiger partial charge in [-0.05, 0) is 30.4 Å². The first-order valence-electron chi connectivity index (χ1n) is 8.02. The van der Waals surface area contributed by atoms with Crippen molar-refractivity contribution in [2.45, 2.75) is 26.2 Å². The molecular formula is C18H21BrO5S. The van der Waals surface area contributed by atoms with E-state index in [0.29, 0.717) is 23.0 Å². The van der Waals surface area contributed by atoms with Crippen LogP contribution in [-0.2, 0) is 4.79 Å². The number of carbonyl (C=O) groups excluding carboxylic acids is 1. The number of rotatable bonds is 10. The number of halogens is 1. The highest BCUT2D eigenvalue weighted by Gasteiger charge is 2.19. The number of ether oxygens (including phenoxy) is 2. The summed E-state index contributed by atoms with van der Waals surface area (Å²) in [6.45, 7) is 2.13. The van der Waals surface area contributed by atoms with Crippen LogP contribution < -0.4 is 9.47 Å². The van der Waals surface area contributed by atoms with Crippen LogP contribution in [0.2, 0.25) is 0 Å². The van der Waals surface area contributed by atoms with Gasteiger partial charge in [0, 0.05) is 22.5 Å². The van der Waals surface area contributed by atoms with E-state index in [1.807, 2.05) is 12.1 Å². The topological polar surface area (TPSA) is 72.8 Å². The van der Waals surface area contributed by atoms with Crippen molar-refractivity contribution in [2.75, 3.05) is 19.0 Å². The molecule has 25 heavy (non-hydrogen) atoms. The molecule has 0 aliphatic carbocycles. The highest BCUT2D eigenvalue weighted by Crippen LogP contribution is 2.37. The number of carbonyl (C=O) groups is 2. The highest BCUT2D eigenvalue weighted by molar-refractivity contribution is 9.09. The molecule has 0 saturated heterocycles. The van der Waals surface area contributed by atoms with Gasteiger partial charge in [0.25, 0.3) is 0 Å². The summed E-state index contributed by atoms with van der Waals surface area (Å²) in [5, 5.41) is 10.8. The Morgan fingerprint density at radius 3 is 2.64 bits per heavy atom. The van der Waals surface area contributed by atoms with Crippen LogP contribution in [0, 0.1) is 5.92 Å². The molecule has 0 fully saturated rings. The molecule has 0 spiro atoms. The Labute approximate surface area is 159 Å². The third kappa shape index (κ3) is 5.19. The molecule has 1 heterocycles. The molecule has 7 heteroatoms. The number of Topliss-reactive ketones (excluding diaryl/α,β-unsaturated/α-hetero) is 1. The fourth-order valence-corrected chi connectivity index (χ4v) is 3.72. The number of hydrogen-bond donors (Lipinski definition) is 1. The van der Waals surface area contributed by atoms with Crippen molar-refractivity contribution in [3.63, 3.8) is 0 Å². The van der Waals surface area contributed by atoms with Crippen LogP contribution in [-0.4, -0.2) is 35.9 Å². The Hall–Kier alpha value is -1.60. The molecule has 0 aliphatic heterocycles. The summed E-state index contributed by atoms with van der Waals surface area (Å²) in [5.41, 5.74) is 0. The average molecular weight is 429 g/mol. The third-order valence-corrected chi connectivity index (χ3v) is 5.48. The maximum atomic E-state index is 12.3. The van der Waals surface area contributed by atoms with Crippen molar-refractivity contribution in [3.8, 4) is 11.5 Å². The largest absolute Gasteiger partial charge is 0.493 e. The summed E-state index contributed by atoms with van der Waals surface area (Å²) < 4.78 is 12.1. The highest BCUT2D eigenvalue weighted by atomic mass is 79.9. The number of carboxylic acids is 1. The van der Waals surface area contributed by atoms with Gasteiger partial charge in [-0.2, -0.15) is 0 Å². The lowest BCUT2D eigenvalue weighted by molar-refractivity contribution is -0.141. The Balaban J connectivity index is 2.21. The van der Waals surface area contributed by atoms with E-state index in [1.165, 1.54) is 18.3 Å². The normalized spacial score (nSPS) is 12.1. The molecule has 2 aromatic rings. The lowest BCUT2D eigenvalue weighted by Crippen LogP contribution is -2.13. The van der Waals surface area contributed by atoms with E-state index in [-0.39, 0.29) is 12.2 Å². The van der Waals surface area contributed by atoms with Crippen LogP contribution in [0.4, 0.5) is 0 Å². The van der Waals surface area contributed by atoms with Crippen LogP contribution in [0.25, 0.3) is 10.1 Å². The minimum atomic E-state index is -0.963. The van der Waals surface area contributed by atoms with Crippen LogP contribution >= 0.6 is 27.3 Å². The quantitative estimate of drug-likeness (QED) is 0.335. The number of thiophene rings is 1. The zero-order chi connectivity index (χ0) is 18.4. The Kier molecular flexibility index (Phi) is 7.25. The maximum absolute atomic E-state index is 12.3. The maximum Gasteiger partial charge on any atom is 0.306 e. The van der Waals surface area contributed by atoms with Gasteiger partial charge < -0.3 is 14.6 Å². The number of fused-ring (bicyclic) bond motifs is 1.